The standard InChI is InChI=1S/C14H18N2O2S2/c1-9(2)6-11(14(17)18)15-7-10-8-20-13(16-10)12-4-3-5-19-12/h3-5,8-9,11,15H,6-7H2,1-2H3,(H,17,18)/t11-/m0/s1. The average Bonchev–Trinajstić information content (AvgIpc) is 3.03. The Morgan fingerprint density at radius 1 is 1.45 bits per heavy atom. The summed E-state index contributed by atoms with van der Waals surface area (Å²) in [7, 11) is 0. The summed E-state index contributed by atoms with van der Waals surface area (Å²) in [6.45, 7) is 4.54. The molecule has 20 heavy (non-hydrogen) atoms. The highest BCUT2D eigenvalue weighted by molar-refractivity contribution is 7.20. The van der Waals surface area contributed by atoms with E-state index in [1.807, 2.05) is 36.7 Å². The lowest BCUT2D eigenvalue weighted by Crippen LogP contribution is -2.37. The number of carbonyl (C=O) groups is 1. The van der Waals surface area contributed by atoms with Gasteiger partial charge in [-0.3, -0.25) is 10.1 Å². The van der Waals surface area contributed by atoms with Crippen molar-refractivity contribution in [2.75, 3.05) is 0 Å². The first-order valence-corrected chi connectivity index (χ1v) is 8.26. The number of aromatic nitrogens is 1. The van der Waals surface area contributed by atoms with Crippen molar-refractivity contribution in [1.82, 2.24) is 10.3 Å². The van der Waals surface area contributed by atoms with E-state index in [2.05, 4.69) is 10.3 Å². The molecule has 0 saturated carbocycles. The quantitative estimate of drug-likeness (QED) is 0.822. The summed E-state index contributed by atoms with van der Waals surface area (Å²) in [5, 5.41) is 17.3. The molecule has 2 N–H and O–H groups in total. The Hall–Kier alpha value is -1.24. The molecule has 0 radical (unpaired) electrons. The number of hydrogen-bond donors (Lipinski definition) is 2. The number of hydrogen-bond acceptors (Lipinski definition) is 5. The van der Waals surface area contributed by atoms with Gasteiger partial charge in [0.2, 0.25) is 0 Å². The van der Waals surface area contributed by atoms with Gasteiger partial charge in [-0.2, -0.15) is 0 Å². The lowest BCUT2D eigenvalue weighted by molar-refractivity contribution is -0.140. The van der Waals surface area contributed by atoms with Crippen molar-refractivity contribution in [3.63, 3.8) is 0 Å². The number of nitrogens with one attached hydrogen (secondary N) is 1. The van der Waals surface area contributed by atoms with Crippen molar-refractivity contribution in [2.45, 2.75) is 32.9 Å². The number of carboxylic acid groups (broad SMARTS) is 1. The summed E-state index contributed by atoms with van der Waals surface area (Å²) in [6.07, 6.45) is 0.622. The molecule has 2 heterocycles. The number of carboxylic acids is 1. The number of thiophene rings is 1. The molecule has 0 aromatic carbocycles. The normalized spacial score (nSPS) is 12.8. The Morgan fingerprint density at radius 3 is 2.85 bits per heavy atom. The molecule has 0 bridgehead atoms. The smallest absolute Gasteiger partial charge is 0.320 e. The molecule has 4 nitrogen and oxygen atoms in total. The van der Waals surface area contributed by atoms with Crippen LogP contribution >= 0.6 is 22.7 Å². The maximum atomic E-state index is 11.2. The molecule has 2 rings (SSSR count). The van der Waals surface area contributed by atoms with Gasteiger partial charge in [0.15, 0.2) is 0 Å². The molecule has 0 aliphatic rings. The number of aliphatic carboxylic acids is 1. The van der Waals surface area contributed by atoms with E-state index in [0.717, 1.165) is 15.6 Å². The molecule has 1 atom stereocenters. The largest absolute Gasteiger partial charge is 0.480 e. The van der Waals surface area contributed by atoms with Crippen LogP contribution in [-0.2, 0) is 11.3 Å². The van der Waals surface area contributed by atoms with Crippen LogP contribution in [0.2, 0.25) is 0 Å². The van der Waals surface area contributed by atoms with Gasteiger partial charge >= 0.3 is 5.97 Å². The number of rotatable bonds is 7. The number of thiazole rings is 1. The van der Waals surface area contributed by atoms with Crippen molar-refractivity contribution >= 4 is 28.6 Å². The lowest BCUT2D eigenvalue weighted by Gasteiger charge is -2.15. The first-order valence-electron chi connectivity index (χ1n) is 6.50. The topological polar surface area (TPSA) is 62.2 Å². The predicted octanol–water partition coefficient (Wildman–Crippen LogP) is 3.46. The first-order chi connectivity index (χ1) is 9.56. The third-order valence-electron chi connectivity index (χ3n) is 2.82. The fourth-order valence-corrected chi connectivity index (χ4v) is 3.51. The van der Waals surface area contributed by atoms with E-state index in [-0.39, 0.29) is 0 Å². The Bertz CT molecular complexity index is 549. The predicted molar refractivity (Wildman–Crippen MR) is 83.1 cm³/mol. The van der Waals surface area contributed by atoms with Gasteiger partial charge in [0.1, 0.15) is 11.0 Å². The Morgan fingerprint density at radius 2 is 2.25 bits per heavy atom. The Kier molecular flexibility index (Phi) is 5.28. The van der Waals surface area contributed by atoms with Gasteiger partial charge in [-0.1, -0.05) is 19.9 Å². The van der Waals surface area contributed by atoms with E-state index in [4.69, 9.17) is 0 Å². The summed E-state index contributed by atoms with van der Waals surface area (Å²) < 4.78 is 0. The second-order valence-electron chi connectivity index (χ2n) is 5.02. The molecule has 0 aliphatic carbocycles. The fourth-order valence-electron chi connectivity index (χ4n) is 1.87. The van der Waals surface area contributed by atoms with Crippen LogP contribution in [0.25, 0.3) is 9.88 Å². The molecule has 0 saturated heterocycles. The minimum absolute atomic E-state index is 0.348. The van der Waals surface area contributed by atoms with Crippen LogP contribution < -0.4 is 5.32 Å². The molecule has 0 aliphatic heterocycles. The SMILES string of the molecule is CC(C)C[C@H](NCc1csc(-c2cccs2)n1)C(=O)O. The van der Waals surface area contributed by atoms with Gasteiger partial charge in [-0.15, -0.1) is 22.7 Å². The number of nitrogens with zero attached hydrogens (tertiary/aromatic N) is 1. The summed E-state index contributed by atoms with van der Waals surface area (Å²) in [6, 6.07) is 3.53. The van der Waals surface area contributed by atoms with Crippen molar-refractivity contribution in [3.8, 4) is 9.88 Å². The molecule has 6 heteroatoms. The zero-order valence-electron chi connectivity index (χ0n) is 11.5. The highest BCUT2D eigenvalue weighted by atomic mass is 32.1. The fraction of sp³-hybridized carbons (Fsp3) is 0.429. The molecule has 2 aromatic rings. The third-order valence-corrected chi connectivity index (χ3v) is 4.75. The van der Waals surface area contributed by atoms with E-state index in [9.17, 15) is 9.90 Å². The third kappa shape index (κ3) is 4.13. The van der Waals surface area contributed by atoms with Gasteiger partial charge in [0, 0.05) is 11.9 Å². The summed E-state index contributed by atoms with van der Waals surface area (Å²) in [5.74, 6) is -0.451. The van der Waals surface area contributed by atoms with Crippen LogP contribution in [-0.4, -0.2) is 22.1 Å². The van der Waals surface area contributed by atoms with Gasteiger partial charge in [0.05, 0.1) is 10.6 Å². The molecule has 2 aromatic heterocycles. The maximum Gasteiger partial charge on any atom is 0.320 e. The minimum atomic E-state index is -0.799. The molecular weight excluding hydrogens is 292 g/mol. The second kappa shape index (κ2) is 6.97. The average molecular weight is 310 g/mol. The second-order valence-corrected chi connectivity index (χ2v) is 6.83. The highest BCUT2D eigenvalue weighted by Gasteiger charge is 2.18. The lowest BCUT2D eigenvalue weighted by atomic mass is 10.0. The van der Waals surface area contributed by atoms with Gasteiger partial charge in [0.25, 0.3) is 0 Å². The minimum Gasteiger partial charge on any atom is -0.480 e. The first kappa shape index (κ1) is 15.2. The van der Waals surface area contributed by atoms with Crippen LogP contribution in [0, 0.1) is 5.92 Å². The zero-order valence-corrected chi connectivity index (χ0v) is 13.1. The molecule has 0 fully saturated rings. The van der Waals surface area contributed by atoms with Crippen LogP contribution in [0.5, 0.6) is 0 Å². The molecule has 0 unspecified atom stereocenters. The van der Waals surface area contributed by atoms with Crippen molar-refractivity contribution in [2.24, 2.45) is 5.92 Å². The van der Waals surface area contributed by atoms with E-state index in [0.29, 0.717) is 18.9 Å². The maximum absolute atomic E-state index is 11.2. The Balaban J connectivity index is 1.95. The molecule has 0 spiro atoms. The van der Waals surface area contributed by atoms with Crippen LogP contribution in [0.15, 0.2) is 22.9 Å². The van der Waals surface area contributed by atoms with Crippen molar-refractivity contribution < 1.29 is 9.90 Å². The van der Waals surface area contributed by atoms with E-state index >= 15 is 0 Å². The molecular formula is C14H18N2O2S2. The Labute approximate surface area is 126 Å². The monoisotopic (exact) mass is 310 g/mol. The van der Waals surface area contributed by atoms with Crippen molar-refractivity contribution in [3.05, 3.63) is 28.6 Å². The van der Waals surface area contributed by atoms with Crippen LogP contribution in [0.3, 0.4) is 0 Å². The van der Waals surface area contributed by atoms with Crippen LogP contribution in [0.4, 0.5) is 0 Å². The van der Waals surface area contributed by atoms with E-state index in [1.165, 1.54) is 0 Å². The summed E-state index contributed by atoms with van der Waals surface area (Å²) >= 11 is 3.25. The van der Waals surface area contributed by atoms with Crippen molar-refractivity contribution in [1.29, 1.82) is 0 Å². The van der Waals surface area contributed by atoms with Crippen LogP contribution in [0.1, 0.15) is 26.0 Å². The highest BCUT2D eigenvalue weighted by Crippen LogP contribution is 2.27. The van der Waals surface area contributed by atoms with E-state index < -0.39 is 12.0 Å². The molecule has 0 amide bonds. The summed E-state index contributed by atoms with van der Waals surface area (Å²) in [5.41, 5.74) is 0.897. The zero-order chi connectivity index (χ0) is 14.5. The molecule has 108 valence electrons. The summed E-state index contributed by atoms with van der Waals surface area (Å²) in [4.78, 5) is 16.9. The van der Waals surface area contributed by atoms with Gasteiger partial charge in [-0.25, -0.2) is 4.98 Å². The van der Waals surface area contributed by atoms with E-state index in [1.54, 1.807) is 22.7 Å². The van der Waals surface area contributed by atoms with Gasteiger partial charge < -0.3 is 5.11 Å². The van der Waals surface area contributed by atoms with Gasteiger partial charge in [-0.05, 0) is 23.8 Å².